The molecule has 1 saturated heterocycles. The molecule has 1 aliphatic rings. The van der Waals surface area contributed by atoms with Crippen molar-refractivity contribution in [2.45, 2.75) is 6.92 Å². The van der Waals surface area contributed by atoms with Crippen molar-refractivity contribution in [3.8, 4) is 11.5 Å². The van der Waals surface area contributed by atoms with E-state index in [1.165, 1.54) is 0 Å². The van der Waals surface area contributed by atoms with Crippen molar-refractivity contribution >= 4 is 28.8 Å². The number of amides is 3. The standard InChI is InChI=1S/C21H23N5O4/c1-2-22-20(27)26-8-6-15-13-16(3-4-18(15)26)30-17-5-7-23-19(14-17)24-21(28)25-9-11-29-12-10-25/h3-8,13-14H,2,9-12H2,1H3,(H,22,27)(H,23,24,28). The summed E-state index contributed by atoms with van der Waals surface area (Å²) in [7, 11) is 0. The summed E-state index contributed by atoms with van der Waals surface area (Å²) in [6, 6.07) is 10.4. The summed E-state index contributed by atoms with van der Waals surface area (Å²) < 4.78 is 12.8. The molecule has 0 radical (unpaired) electrons. The third-order valence-electron chi connectivity index (χ3n) is 4.71. The smallest absolute Gasteiger partial charge is 0.326 e. The van der Waals surface area contributed by atoms with Gasteiger partial charge in [-0.25, -0.2) is 14.6 Å². The Bertz CT molecular complexity index is 1060. The Morgan fingerprint density at radius 1 is 1.10 bits per heavy atom. The number of hydrogen-bond acceptors (Lipinski definition) is 5. The molecule has 1 aliphatic heterocycles. The van der Waals surface area contributed by atoms with E-state index < -0.39 is 0 Å². The Hall–Kier alpha value is -3.59. The van der Waals surface area contributed by atoms with Crippen LogP contribution in [0.15, 0.2) is 48.8 Å². The number of fused-ring (bicyclic) bond motifs is 1. The highest BCUT2D eigenvalue weighted by Gasteiger charge is 2.17. The van der Waals surface area contributed by atoms with Crippen LogP contribution in [0.1, 0.15) is 6.92 Å². The van der Waals surface area contributed by atoms with Gasteiger partial charge in [0.25, 0.3) is 0 Å². The molecule has 9 heteroatoms. The lowest BCUT2D eigenvalue weighted by Gasteiger charge is -2.26. The number of benzene rings is 1. The number of morpholine rings is 1. The number of ether oxygens (including phenoxy) is 2. The molecule has 0 unspecified atom stereocenters. The van der Waals surface area contributed by atoms with Crippen LogP contribution < -0.4 is 15.4 Å². The van der Waals surface area contributed by atoms with Gasteiger partial charge in [0.05, 0.1) is 18.7 Å². The topological polar surface area (TPSA) is 97.7 Å². The van der Waals surface area contributed by atoms with E-state index >= 15 is 0 Å². The summed E-state index contributed by atoms with van der Waals surface area (Å²) in [4.78, 5) is 30.3. The van der Waals surface area contributed by atoms with Crippen LogP contribution in [0.25, 0.3) is 10.9 Å². The van der Waals surface area contributed by atoms with Crippen LogP contribution in [0.5, 0.6) is 11.5 Å². The van der Waals surface area contributed by atoms with Crippen molar-refractivity contribution in [3.63, 3.8) is 0 Å². The first-order valence-corrected chi connectivity index (χ1v) is 9.81. The number of aromatic nitrogens is 2. The summed E-state index contributed by atoms with van der Waals surface area (Å²) in [5, 5.41) is 6.45. The Labute approximate surface area is 173 Å². The van der Waals surface area contributed by atoms with Gasteiger partial charge in [0.15, 0.2) is 0 Å². The van der Waals surface area contributed by atoms with E-state index in [0.29, 0.717) is 50.2 Å². The molecule has 4 rings (SSSR count). The first-order valence-electron chi connectivity index (χ1n) is 9.81. The monoisotopic (exact) mass is 409 g/mol. The van der Waals surface area contributed by atoms with Crippen molar-refractivity contribution < 1.29 is 19.1 Å². The van der Waals surface area contributed by atoms with Crippen molar-refractivity contribution in [1.29, 1.82) is 0 Å². The highest BCUT2D eigenvalue weighted by atomic mass is 16.5. The summed E-state index contributed by atoms with van der Waals surface area (Å²) >= 11 is 0. The van der Waals surface area contributed by atoms with E-state index in [1.54, 1.807) is 40.1 Å². The number of nitrogens with one attached hydrogen (secondary N) is 2. The zero-order valence-corrected chi connectivity index (χ0v) is 16.6. The average molecular weight is 409 g/mol. The molecule has 0 bridgehead atoms. The second-order valence-electron chi connectivity index (χ2n) is 6.75. The summed E-state index contributed by atoms with van der Waals surface area (Å²) in [5.74, 6) is 1.57. The minimum absolute atomic E-state index is 0.170. The van der Waals surface area contributed by atoms with E-state index in [2.05, 4.69) is 15.6 Å². The van der Waals surface area contributed by atoms with Crippen molar-refractivity contribution in [2.24, 2.45) is 0 Å². The van der Waals surface area contributed by atoms with Crippen LogP contribution in [0, 0.1) is 0 Å². The predicted molar refractivity (Wildman–Crippen MR) is 112 cm³/mol. The SMILES string of the molecule is CCNC(=O)n1ccc2cc(Oc3ccnc(NC(=O)N4CCOCC4)c3)ccc21. The number of rotatable bonds is 4. The number of carbonyl (C=O) groups excluding carboxylic acids is 2. The van der Waals surface area contributed by atoms with E-state index in [-0.39, 0.29) is 12.1 Å². The van der Waals surface area contributed by atoms with Gasteiger partial charge < -0.3 is 19.7 Å². The molecular formula is C21H23N5O4. The molecule has 3 aromatic rings. The van der Waals surface area contributed by atoms with Crippen LogP contribution in [-0.4, -0.2) is 59.4 Å². The van der Waals surface area contributed by atoms with E-state index in [0.717, 1.165) is 10.9 Å². The van der Waals surface area contributed by atoms with Gasteiger partial charge in [-0.1, -0.05) is 0 Å². The zero-order chi connectivity index (χ0) is 20.9. The molecule has 0 saturated carbocycles. The molecule has 3 heterocycles. The Morgan fingerprint density at radius 3 is 2.70 bits per heavy atom. The van der Waals surface area contributed by atoms with Crippen LogP contribution in [0.2, 0.25) is 0 Å². The van der Waals surface area contributed by atoms with Crippen LogP contribution >= 0.6 is 0 Å². The van der Waals surface area contributed by atoms with Crippen molar-refractivity contribution in [3.05, 3.63) is 48.8 Å². The molecule has 1 fully saturated rings. The lowest BCUT2D eigenvalue weighted by molar-refractivity contribution is 0.0564. The highest BCUT2D eigenvalue weighted by molar-refractivity contribution is 5.92. The zero-order valence-electron chi connectivity index (χ0n) is 16.6. The lowest BCUT2D eigenvalue weighted by atomic mass is 10.2. The molecule has 30 heavy (non-hydrogen) atoms. The number of hydrogen-bond donors (Lipinski definition) is 2. The van der Waals surface area contributed by atoms with Gasteiger partial charge in [0.2, 0.25) is 0 Å². The Balaban J connectivity index is 1.46. The van der Waals surface area contributed by atoms with Gasteiger partial charge in [-0.3, -0.25) is 9.88 Å². The fraction of sp³-hybridized carbons (Fsp3) is 0.286. The molecule has 3 amide bonds. The van der Waals surface area contributed by atoms with Crippen LogP contribution in [-0.2, 0) is 4.74 Å². The first kappa shape index (κ1) is 19.7. The van der Waals surface area contributed by atoms with Gasteiger partial charge >= 0.3 is 12.1 Å². The molecule has 0 spiro atoms. The predicted octanol–water partition coefficient (Wildman–Crippen LogP) is 3.27. The highest BCUT2D eigenvalue weighted by Crippen LogP contribution is 2.27. The van der Waals surface area contributed by atoms with E-state index in [1.807, 2.05) is 25.1 Å². The largest absolute Gasteiger partial charge is 0.457 e. The van der Waals surface area contributed by atoms with E-state index in [4.69, 9.17) is 9.47 Å². The molecule has 9 nitrogen and oxygen atoms in total. The maximum absolute atomic E-state index is 12.3. The minimum atomic E-state index is -0.212. The van der Waals surface area contributed by atoms with Crippen molar-refractivity contribution in [1.82, 2.24) is 19.8 Å². The summed E-state index contributed by atoms with van der Waals surface area (Å²) in [6.07, 6.45) is 3.31. The fourth-order valence-electron chi connectivity index (χ4n) is 3.23. The van der Waals surface area contributed by atoms with E-state index in [9.17, 15) is 9.59 Å². The molecule has 2 N–H and O–H groups in total. The van der Waals surface area contributed by atoms with Gasteiger partial charge in [-0.15, -0.1) is 0 Å². The number of carbonyl (C=O) groups is 2. The quantitative estimate of drug-likeness (QED) is 0.689. The molecule has 1 aromatic carbocycles. The van der Waals surface area contributed by atoms with Gasteiger partial charge in [0, 0.05) is 43.5 Å². The maximum Gasteiger partial charge on any atom is 0.326 e. The fourth-order valence-corrected chi connectivity index (χ4v) is 3.23. The minimum Gasteiger partial charge on any atom is -0.457 e. The molecule has 0 atom stereocenters. The molecular weight excluding hydrogens is 386 g/mol. The average Bonchev–Trinajstić information content (AvgIpc) is 3.18. The number of pyridine rings is 1. The molecule has 156 valence electrons. The number of nitrogens with zero attached hydrogens (tertiary/aromatic N) is 3. The lowest BCUT2D eigenvalue weighted by Crippen LogP contribution is -2.43. The number of anilines is 1. The second-order valence-corrected chi connectivity index (χ2v) is 6.75. The third kappa shape index (κ3) is 4.36. The maximum atomic E-state index is 12.3. The summed E-state index contributed by atoms with van der Waals surface area (Å²) in [5.41, 5.74) is 0.793. The number of urea groups is 1. The van der Waals surface area contributed by atoms with Gasteiger partial charge in [-0.2, -0.15) is 0 Å². The van der Waals surface area contributed by atoms with Crippen molar-refractivity contribution in [2.75, 3.05) is 38.2 Å². The normalized spacial score (nSPS) is 13.8. The Kier molecular flexibility index (Phi) is 5.80. The van der Waals surface area contributed by atoms with Gasteiger partial charge in [0.1, 0.15) is 17.3 Å². The molecule has 2 aromatic heterocycles. The van der Waals surface area contributed by atoms with Crippen LogP contribution in [0.3, 0.4) is 0 Å². The van der Waals surface area contributed by atoms with Crippen LogP contribution in [0.4, 0.5) is 15.4 Å². The third-order valence-corrected chi connectivity index (χ3v) is 4.71. The summed E-state index contributed by atoms with van der Waals surface area (Å²) in [6.45, 7) is 4.62. The Morgan fingerprint density at radius 2 is 1.90 bits per heavy atom. The van der Waals surface area contributed by atoms with Gasteiger partial charge in [-0.05, 0) is 37.3 Å². The first-order chi connectivity index (χ1) is 14.6. The molecule has 0 aliphatic carbocycles. The second kappa shape index (κ2) is 8.83.